The Hall–Kier alpha value is -0.620. The Balaban J connectivity index is 0.000001000. The minimum Gasteiger partial charge on any atom is -0.274 e. The highest BCUT2D eigenvalue weighted by molar-refractivity contribution is 7.84. The van der Waals surface area contributed by atoms with Crippen LogP contribution >= 0.6 is 0 Å². The number of amides is 1. The van der Waals surface area contributed by atoms with Crippen molar-refractivity contribution in [2.24, 2.45) is 0 Å². The molecule has 0 unspecified atom stereocenters. The fraction of sp³-hybridized carbons (Fsp3) is 0.800. The van der Waals surface area contributed by atoms with Gasteiger partial charge in [0, 0.05) is 6.42 Å². The Labute approximate surface area is 65.9 Å². The quantitative estimate of drug-likeness (QED) is 0.458. The predicted octanol–water partition coefficient (Wildman–Crippen LogP) is 0.0461. The highest BCUT2D eigenvalue weighted by Crippen LogP contribution is 2.20. The van der Waals surface area contributed by atoms with E-state index >= 15 is 0 Å². The maximum atomic E-state index is 10.5. The first-order valence-electron chi connectivity index (χ1n) is 2.72. The van der Waals surface area contributed by atoms with Crippen LogP contribution in [0.2, 0.25) is 0 Å². The Kier molecular flexibility index (Phi) is 2.63. The molecule has 0 aromatic rings. The van der Waals surface area contributed by atoms with Crippen molar-refractivity contribution in [2.45, 2.75) is 26.8 Å². The fourth-order valence-electron chi connectivity index (χ4n) is 0.915. The monoisotopic (exact) mass is 181 g/mol. The van der Waals surface area contributed by atoms with Gasteiger partial charge in [0.2, 0.25) is 5.91 Å². The first kappa shape index (κ1) is 10.4. The van der Waals surface area contributed by atoms with Gasteiger partial charge in [0.1, 0.15) is 0 Å². The van der Waals surface area contributed by atoms with Crippen LogP contribution in [0.25, 0.3) is 0 Å². The normalized spacial score (nSPS) is 24.0. The summed E-state index contributed by atoms with van der Waals surface area (Å²) in [5.41, 5.74) is 0. The molecule has 0 radical (unpaired) electrons. The molecule has 66 valence electrons. The van der Waals surface area contributed by atoms with Crippen LogP contribution in [0.4, 0.5) is 0 Å². The molecule has 0 saturated carbocycles. The van der Waals surface area contributed by atoms with E-state index < -0.39 is 16.2 Å². The van der Waals surface area contributed by atoms with E-state index in [0.29, 0.717) is 4.31 Å². The summed E-state index contributed by atoms with van der Waals surface area (Å²) in [5.74, 6) is -0.546. The summed E-state index contributed by atoms with van der Waals surface area (Å²) in [7, 11) is -4.28. The van der Waals surface area contributed by atoms with E-state index in [4.69, 9.17) is 4.55 Å². The van der Waals surface area contributed by atoms with Crippen molar-refractivity contribution in [2.75, 3.05) is 0 Å². The van der Waals surface area contributed by atoms with Crippen LogP contribution in [-0.4, -0.2) is 29.2 Å². The second-order valence-corrected chi connectivity index (χ2v) is 3.51. The van der Waals surface area contributed by atoms with Gasteiger partial charge in [-0.05, 0) is 6.92 Å². The molecule has 1 saturated heterocycles. The molecular weight excluding hydrogens is 170 g/mol. The van der Waals surface area contributed by atoms with Gasteiger partial charge in [-0.25, -0.2) is 4.31 Å². The average molecular weight is 181 g/mol. The summed E-state index contributed by atoms with van der Waals surface area (Å²) in [5, 5.41) is 0. The van der Waals surface area contributed by atoms with E-state index in [1.54, 1.807) is 6.92 Å². The number of carbonyl (C=O) groups excluding carboxylic acids is 1. The van der Waals surface area contributed by atoms with Gasteiger partial charge in [-0.2, -0.15) is 8.42 Å². The lowest BCUT2D eigenvalue weighted by molar-refractivity contribution is -0.137. The molecule has 0 aromatic heterocycles. The van der Waals surface area contributed by atoms with Crippen molar-refractivity contribution in [3.63, 3.8) is 0 Å². The topological polar surface area (TPSA) is 74.7 Å². The molecule has 11 heavy (non-hydrogen) atoms. The molecule has 1 heterocycles. The van der Waals surface area contributed by atoms with Crippen LogP contribution in [0.1, 0.15) is 20.8 Å². The molecule has 1 rings (SSSR count). The molecule has 1 aliphatic heterocycles. The molecule has 1 fully saturated rings. The number of β-lactam (4-membered cyclic amide) rings is 1. The minimum absolute atomic E-state index is 0. The zero-order chi connectivity index (χ0) is 7.94. The summed E-state index contributed by atoms with van der Waals surface area (Å²) in [6.45, 7) is 1.55. The van der Waals surface area contributed by atoms with Crippen LogP contribution in [-0.2, 0) is 15.1 Å². The van der Waals surface area contributed by atoms with E-state index in [0.717, 1.165) is 0 Å². The van der Waals surface area contributed by atoms with Gasteiger partial charge in [-0.15, -0.1) is 0 Å². The van der Waals surface area contributed by atoms with Crippen molar-refractivity contribution in [3.8, 4) is 0 Å². The summed E-state index contributed by atoms with van der Waals surface area (Å²) < 4.78 is 29.4. The van der Waals surface area contributed by atoms with Gasteiger partial charge < -0.3 is 0 Å². The smallest absolute Gasteiger partial charge is 0.274 e. The van der Waals surface area contributed by atoms with E-state index in [2.05, 4.69) is 0 Å². The van der Waals surface area contributed by atoms with E-state index in [1.165, 1.54) is 0 Å². The number of hydrogen-bond donors (Lipinski definition) is 1. The third kappa shape index (κ3) is 1.69. The van der Waals surface area contributed by atoms with Crippen LogP contribution < -0.4 is 0 Å². The largest absolute Gasteiger partial charge is 0.362 e. The molecule has 1 atom stereocenters. The highest BCUT2D eigenvalue weighted by atomic mass is 32.2. The van der Waals surface area contributed by atoms with Gasteiger partial charge in [-0.3, -0.25) is 9.35 Å². The molecule has 1 aliphatic rings. The second-order valence-electron chi connectivity index (χ2n) is 2.22. The summed E-state index contributed by atoms with van der Waals surface area (Å²) in [6, 6.07) is -0.387. The second kappa shape index (κ2) is 2.78. The molecule has 1 N–H and O–H groups in total. The first-order valence-corrected chi connectivity index (χ1v) is 4.12. The fourth-order valence-corrected chi connectivity index (χ4v) is 1.78. The zero-order valence-corrected chi connectivity index (χ0v) is 6.13. The Morgan fingerprint density at radius 1 is 1.64 bits per heavy atom. The van der Waals surface area contributed by atoms with Gasteiger partial charge in [0.05, 0.1) is 6.04 Å². The van der Waals surface area contributed by atoms with E-state index in [9.17, 15) is 13.2 Å². The maximum Gasteiger partial charge on any atom is 0.362 e. The lowest BCUT2D eigenvalue weighted by atomic mass is 10.1. The van der Waals surface area contributed by atoms with Gasteiger partial charge in [-0.1, -0.05) is 7.43 Å². The molecule has 5 nitrogen and oxygen atoms in total. The maximum absolute atomic E-state index is 10.5. The molecule has 0 bridgehead atoms. The van der Waals surface area contributed by atoms with Crippen molar-refractivity contribution in [1.29, 1.82) is 0 Å². The predicted molar refractivity (Wildman–Crippen MR) is 39.2 cm³/mol. The SMILES string of the molecule is C.C[C@H]1CC(=O)N1S(=O)(=O)O. The Morgan fingerprint density at radius 2 is 2.09 bits per heavy atom. The molecule has 1 amide bonds. The third-order valence-corrected chi connectivity index (χ3v) is 2.43. The molecule has 0 aliphatic carbocycles. The van der Waals surface area contributed by atoms with Gasteiger partial charge >= 0.3 is 10.3 Å². The average Bonchev–Trinajstić information content (AvgIpc) is 1.58. The lowest BCUT2D eigenvalue weighted by Crippen LogP contribution is -2.53. The van der Waals surface area contributed by atoms with Crippen molar-refractivity contribution >= 4 is 16.2 Å². The minimum atomic E-state index is -4.28. The first-order chi connectivity index (χ1) is 4.43. The summed E-state index contributed by atoms with van der Waals surface area (Å²) in [6.07, 6.45) is 0.194. The van der Waals surface area contributed by atoms with Gasteiger partial charge in [0.25, 0.3) is 0 Å². The van der Waals surface area contributed by atoms with E-state index in [1.807, 2.05) is 0 Å². The van der Waals surface area contributed by atoms with Crippen molar-refractivity contribution in [3.05, 3.63) is 0 Å². The van der Waals surface area contributed by atoms with Crippen molar-refractivity contribution in [1.82, 2.24) is 4.31 Å². The zero-order valence-electron chi connectivity index (χ0n) is 5.31. The number of nitrogens with zero attached hydrogens (tertiary/aromatic N) is 1. The molecule has 0 spiro atoms. The third-order valence-electron chi connectivity index (χ3n) is 1.36. The molecular formula is C5H11NO4S. The van der Waals surface area contributed by atoms with Gasteiger partial charge in [0.15, 0.2) is 0 Å². The van der Waals surface area contributed by atoms with Crippen LogP contribution in [0.5, 0.6) is 0 Å². The molecule has 0 aromatic carbocycles. The number of hydrogen-bond acceptors (Lipinski definition) is 3. The van der Waals surface area contributed by atoms with Crippen LogP contribution in [0.15, 0.2) is 0 Å². The standard InChI is InChI=1S/C4H7NO4S.CH4/c1-3-2-4(6)5(3)10(7,8)9;/h3H,2H2,1H3,(H,7,8,9);1H4/t3-;/m0./s1. The highest BCUT2D eigenvalue weighted by Gasteiger charge is 2.40. The Bertz CT molecular complexity index is 258. The number of carbonyl (C=O) groups is 1. The lowest BCUT2D eigenvalue weighted by Gasteiger charge is -2.33. The van der Waals surface area contributed by atoms with E-state index in [-0.39, 0.29) is 19.9 Å². The van der Waals surface area contributed by atoms with Crippen molar-refractivity contribution < 1.29 is 17.8 Å². The van der Waals surface area contributed by atoms with Crippen LogP contribution in [0.3, 0.4) is 0 Å². The number of rotatable bonds is 1. The Morgan fingerprint density at radius 3 is 2.18 bits per heavy atom. The summed E-state index contributed by atoms with van der Waals surface area (Å²) >= 11 is 0. The van der Waals surface area contributed by atoms with Crippen LogP contribution in [0, 0.1) is 0 Å². The molecule has 6 heteroatoms. The summed E-state index contributed by atoms with van der Waals surface area (Å²) in [4.78, 5) is 10.5.